The molecule has 0 spiro atoms. The van der Waals surface area contributed by atoms with E-state index in [-0.39, 0.29) is 6.23 Å². The zero-order valence-corrected chi connectivity index (χ0v) is 18.0. The number of carbonyl (C=O) groups excluding carboxylic acids is 1. The number of amides is 1. The van der Waals surface area contributed by atoms with Gasteiger partial charge in [0, 0.05) is 35.0 Å². The van der Waals surface area contributed by atoms with Gasteiger partial charge in [-0.15, -0.1) is 0 Å². The van der Waals surface area contributed by atoms with Crippen LogP contribution < -0.4 is 10.8 Å². The van der Waals surface area contributed by atoms with Gasteiger partial charge in [0.1, 0.15) is 6.23 Å². The van der Waals surface area contributed by atoms with Crippen molar-refractivity contribution >= 4 is 34.6 Å². The van der Waals surface area contributed by atoms with Gasteiger partial charge in [0.05, 0.1) is 6.61 Å². The Morgan fingerprint density at radius 2 is 2.06 bits per heavy atom. The van der Waals surface area contributed by atoms with Crippen LogP contribution in [0, 0.1) is 0 Å². The molecule has 4 rings (SSSR count). The first-order chi connectivity index (χ1) is 15.2. The largest absolute Gasteiger partial charge is 0.361 e. The number of hydrogen-bond donors (Lipinski definition) is 4. The molecule has 1 fully saturated rings. The van der Waals surface area contributed by atoms with Gasteiger partial charge in [0.25, 0.3) is 5.91 Å². The van der Waals surface area contributed by atoms with Gasteiger partial charge >= 0.3 is 0 Å². The van der Waals surface area contributed by atoms with Crippen LogP contribution in [0.5, 0.6) is 0 Å². The van der Waals surface area contributed by atoms with E-state index in [4.69, 9.17) is 9.94 Å². The molecule has 162 valence electrons. The third kappa shape index (κ3) is 5.77. The fourth-order valence-corrected chi connectivity index (χ4v) is 4.72. The average molecular weight is 438 g/mol. The molecule has 4 N–H and O–H groups in total. The van der Waals surface area contributed by atoms with E-state index in [0.717, 1.165) is 35.5 Å². The number of rotatable bonds is 9. The highest BCUT2D eigenvalue weighted by atomic mass is 32.2. The van der Waals surface area contributed by atoms with Gasteiger partial charge in [-0.1, -0.05) is 42.5 Å². The molecule has 0 bridgehead atoms. The Bertz CT molecular complexity index is 1030. The quantitative estimate of drug-likeness (QED) is 0.176. The third-order valence-electron chi connectivity index (χ3n) is 5.36. The number of H-pyrrole nitrogens is 1. The SMILES string of the molecule is O=C(/C=C/c1ccc(C2NC(CSCCCc3c[nH]c4ccccc34)CO2)cc1)NO. The van der Waals surface area contributed by atoms with Crippen molar-refractivity contribution in [2.45, 2.75) is 25.1 Å². The average Bonchev–Trinajstić information content (AvgIpc) is 3.45. The number of benzene rings is 2. The Balaban J connectivity index is 1.17. The van der Waals surface area contributed by atoms with Crippen LogP contribution >= 0.6 is 11.8 Å². The van der Waals surface area contributed by atoms with Gasteiger partial charge in [0.15, 0.2) is 0 Å². The third-order valence-corrected chi connectivity index (χ3v) is 6.57. The number of aromatic nitrogens is 1. The molecule has 2 unspecified atom stereocenters. The summed E-state index contributed by atoms with van der Waals surface area (Å²) in [5.74, 6) is 1.61. The second kappa shape index (κ2) is 10.6. The maximum Gasteiger partial charge on any atom is 0.267 e. The van der Waals surface area contributed by atoms with Gasteiger partial charge in [-0.2, -0.15) is 11.8 Å². The lowest BCUT2D eigenvalue weighted by Gasteiger charge is -2.12. The van der Waals surface area contributed by atoms with Crippen molar-refractivity contribution in [3.63, 3.8) is 0 Å². The van der Waals surface area contributed by atoms with Crippen molar-refractivity contribution in [2.75, 3.05) is 18.1 Å². The van der Waals surface area contributed by atoms with Gasteiger partial charge in [-0.3, -0.25) is 15.3 Å². The number of nitrogens with one attached hydrogen (secondary N) is 3. The summed E-state index contributed by atoms with van der Waals surface area (Å²) >= 11 is 1.97. The molecule has 1 aliphatic rings. The van der Waals surface area contributed by atoms with Crippen LogP contribution in [0.3, 0.4) is 0 Å². The Hall–Kier alpha value is -2.58. The zero-order chi connectivity index (χ0) is 21.5. The predicted molar refractivity (Wildman–Crippen MR) is 125 cm³/mol. The highest BCUT2D eigenvalue weighted by Crippen LogP contribution is 2.24. The van der Waals surface area contributed by atoms with Crippen LogP contribution in [0.2, 0.25) is 0 Å². The molecule has 7 heteroatoms. The van der Waals surface area contributed by atoms with E-state index in [9.17, 15) is 4.79 Å². The lowest BCUT2D eigenvalue weighted by atomic mass is 10.1. The Morgan fingerprint density at radius 3 is 2.90 bits per heavy atom. The summed E-state index contributed by atoms with van der Waals surface area (Å²) in [6.45, 7) is 0.707. The number of fused-ring (bicyclic) bond motifs is 1. The summed E-state index contributed by atoms with van der Waals surface area (Å²) in [6.07, 6.45) is 7.21. The Morgan fingerprint density at radius 1 is 1.23 bits per heavy atom. The first kappa shape index (κ1) is 21.6. The standard InChI is InChI=1S/C24H27N3O3S/c28-23(27-29)12-9-17-7-10-18(11-8-17)24-26-20(15-30-24)16-31-13-3-4-19-14-25-22-6-2-1-5-21(19)22/h1-2,5-12,14,20,24-26,29H,3-4,13,15-16H2,(H,27,28)/b12-9+. The van der Waals surface area contributed by atoms with E-state index in [1.54, 1.807) is 11.6 Å². The van der Waals surface area contributed by atoms with Crippen LogP contribution in [0.15, 0.2) is 60.8 Å². The number of aromatic amines is 1. The molecule has 1 saturated heterocycles. The topological polar surface area (TPSA) is 86.4 Å². The number of para-hydroxylation sites is 1. The maximum absolute atomic E-state index is 11.1. The van der Waals surface area contributed by atoms with Crippen LogP contribution in [-0.2, 0) is 16.0 Å². The summed E-state index contributed by atoms with van der Waals surface area (Å²) in [6, 6.07) is 16.6. The molecule has 1 aromatic heterocycles. The van der Waals surface area contributed by atoms with Crippen LogP contribution in [0.1, 0.15) is 29.3 Å². The second-order valence-corrected chi connectivity index (χ2v) is 8.74. The first-order valence-corrected chi connectivity index (χ1v) is 11.6. The van der Waals surface area contributed by atoms with Crippen LogP contribution in [0.4, 0.5) is 0 Å². The minimum atomic E-state index is -0.549. The normalized spacial score (nSPS) is 18.7. The molecule has 31 heavy (non-hydrogen) atoms. The van der Waals surface area contributed by atoms with Crippen molar-refractivity contribution in [1.82, 2.24) is 15.8 Å². The lowest BCUT2D eigenvalue weighted by Crippen LogP contribution is -2.28. The highest BCUT2D eigenvalue weighted by molar-refractivity contribution is 7.99. The summed E-state index contributed by atoms with van der Waals surface area (Å²) in [5.41, 5.74) is 6.13. The molecule has 1 amide bonds. The monoisotopic (exact) mass is 437 g/mol. The lowest BCUT2D eigenvalue weighted by molar-refractivity contribution is -0.124. The molecule has 2 aromatic carbocycles. The number of carbonyl (C=O) groups is 1. The predicted octanol–water partition coefficient (Wildman–Crippen LogP) is 4.04. The zero-order valence-electron chi connectivity index (χ0n) is 17.2. The van der Waals surface area contributed by atoms with E-state index in [2.05, 4.69) is 40.8 Å². The molecule has 0 radical (unpaired) electrons. The van der Waals surface area contributed by atoms with Crippen molar-refractivity contribution in [1.29, 1.82) is 0 Å². The minimum Gasteiger partial charge on any atom is -0.361 e. The number of ether oxygens (including phenoxy) is 1. The van der Waals surface area contributed by atoms with Crippen molar-refractivity contribution in [3.05, 3.63) is 77.5 Å². The van der Waals surface area contributed by atoms with Crippen molar-refractivity contribution in [2.24, 2.45) is 0 Å². The molecule has 6 nitrogen and oxygen atoms in total. The number of aryl methyl sites for hydroxylation is 1. The molecule has 0 aliphatic carbocycles. The van der Waals surface area contributed by atoms with Gasteiger partial charge in [-0.05, 0) is 47.4 Å². The number of hydrogen-bond acceptors (Lipinski definition) is 5. The summed E-state index contributed by atoms with van der Waals surface area (Å²) < 4.78 is 5.93. The Kier molecular flexibility index (Phi) is 7.43. The van der Waals surface area contributed by atoms with E-state index >= 15 is 0 Å². The maximum atomic E-state index is 11.1. The minimum absolute atomic E-state index is 0.101. The number of thioether (sulfide) groups is 1. The van der Waals surface area contributed by atoms with Gasteiger partial charge in [0.2, 0.25) is 0 Å². The number of hydroxylamine groups is 1. The van der Waals surface area contributed by atoms with Crippen LogP contribution in [-0.4, -0.2) is 40.3 Å². The van der Waals surface area contributed by atoms with E-state index in [0.29, 0.717) is 12.6 Å². The summed E-state index contributed by atoms with van der Waals surface area (Å²) in [5, 5.41) is 13.4. The van der Waals surface area contributed by atoms with E-state index in [1.807, 2.05) is 36.0 Å². The molecular formula is C24H27N3O3S. The molecule has 2 atom stereocenters. The molecule has 1 aliphatic heterocycles. The second-order valence-electron chi connectivity index (χ2n) is 7.59. The van der Waals surface area contributed by atoms with Crippen molar-refractivity contribution < 1.29 is 14.7 Å². The van der Waals surface area contributed by atoms with Gasteiger partial charge in [-0.25, -0.2) is 5.48 Å². The Labute approximate surface area is 186 Å². The van der Waals surface area contributed by atoms with E-state index in [1.165, 1.54) is 22.5 Å². The van der Waals surface area contributed by atoms with Gasteiger partial charge < -0.3 is 9.72 Å². The molecule has 3 aromatic rings. The highest BCUT2D eigenvalue weighted by Gasteiger charge is 2.25. The summed E-state index contributed by atoms with van der Waals surface area (Å²) in [4.78, 5) is 14.4. The molecule has 0 saturated carbocycles. The van der Waals surface area contributed by atoms with Crippen molar-refractivity contribution in [3.8, 4) is 0 Å². The molecular weight excluding hydrogens is 410 g/mol. The van der Waals surface area contributed by atoms with E-state index < -0.39 is 5.91 Å². The molecule has 2 heterocycles. The first-order valence-electron chi connectivity index (χ1n) is 10.5. The smallest absolute Gasteiger partial charge is 0.267 e. The van der Waals surface area contributed by atoms with Crippen LogP contribution in [0.25, 0.3) is 17.0 Å². The fourth-order valence-electron chi connectivity index (χ4n) is 3.73. The fraction of sp³-hybridized carbons (Fsp3) is 0.292. The summed E-state index contributed by atoms with van der Waals surface area (Å²) in [7, 11) is 0.